The lowest BCUT2D eigenvalue weighted by Gasteiger charge is -2.05. The number of amides is 1. The first-order valence-corrected chi connectivity index (χ1v) is 11.0. The minimum Gasteiger partial charge on any atom is -0.468 e. The van der Waals surface area contributed by atoms with Gasteiger partial charge in [0.2, 0.25) is 15.9 Å². The van der Waals surface area contributed by atoms with E-state index in [1.807, 2.05) is 17.5 Å². The summed E-state index contributed by atoms with van der Waals surface area (Å²) in [6, 6.07) is 13.7. The zero-order valence-corrected chi connectivity index (χ0v) is 16.6. The predicted octanol–water partition coefficient (Wildman–Crippen LogP) is 3.19. The summed E-state index contributed by atoms with van der Waals surface area (Å²) in [5.74, 6) is 0.349. The first-order chi connectivity index (χ1) is 13.5. The minimum absolute atomic E-state index is 0.0859. The number of rotatable bonds is 9. The van der Waals surface area contributed by atoms with Crippen LogP contribution in [0.15, 0.2) is 75.6 Å². The fourth-order valence-electron chi connectivity index (χ4n) is 2.42. The van der Waals surface area contributed by atoms with Gasteiger partial charge in [0, 0.05) is 17.5 Å². The van der Waals surface area contributed by atoms with E-state index in [1.165, 1.54) is 29.3 Å². The van der Waals surface area contributed by atoms with Crippen LogP contribution < -0.4 is 10.0 Å². The van der Waals surface area contributed by atoms with Crippen LogP contribution in [-0.2, 0) is 27.8 Å². The molecule has 6 nitrogen and oxygen atoms in total. The average Bonchev–Trinajstić information content (AvgIpc) is 3.39. The minimum atomic E-state index is -3.63. The molecule has 8 heteroatoms. The van der Waals surface area contributed by atoms with E-state index in [0.717, 1.165) is 12.0 Å². The molecule has 28 heavy (non-hydrogen) atoms. The standard InChI is InChI=1S/C20H20N2O4S2/c23-20(21-12-11-18-4-2-14-27-18)10-7-16-5-8-19(9-6-16)28(24,25)22-15-17-3-1-13-26-17/h1-10,13-14,22H,11-12,15H2,(H,21,23)/b10-7+. The highest BCUT2D eigenvalue weighted by atomic mass is 32.2. The Hall–Kier alpha value is -2.68. The van der Waals surface area contributed by atoms with Crippen molar-refractivity contribution in [3.63, 3.8) is 0 Å². The van der Waals surface area contributed by atoms with Gasteiger partial charge in [-0.2, -0.15) is 0 Å². The molecule has 3 rings (SSSR count). The second-order valence-corrected chi connectivity index (χ2v) is 8.73. The third-order valence-corrected chi connectivity index (χ3v) is 6.24. The van der Waals surface area contributed by atoms with Gasteiger partial charge in [-0.1, -0.05) is 18.2 Å². The summed E-state index contributed by atoms with van der Waals surface area (Å²) in [5.41, 5.74) is 0.735. The molecule has 0 saturated carbocycles. The highest BCUT2D eigenvalue weighted by Gasteiger charge is 2.13. The van der Waals surface area contributed by atoms with Crippen molar-refractivity contribution in [3.8, 4) is 0 Å². The van der Waals surface area contributed by atoms with E-state index in [9.17, 15) is 13.2 Å². The number of nitrogens with one attached hydrogen (secondary N) is 2. The summed E-state index contributed by atoms with van der Waals surface area (Å²) in [6.07, 6.45) is 5.37. The Labute approximate surface area is 168 Å². The number of hydrogen-bond acceptors (Lipinski definition) is 5. The van der Waals surface area contributed by atoms with Gasteiger partial charge in [-0.05, 0) is 53.8 Å². The Bertz CT molecular complexity index is 1010. The van der Waals surface area contributed by atoms with Crippen LogP contribution in [0.5, 0.6) is 0 Å². The molecule has 0 aliphatic heterocycles. The lowest BCUT2D eigenvalue weighted by Crippen LogP contribution is -2.23. The first-order valence-electron chi connectivity index (χ1n) is 8.63. The average molecular weight is 417 g/mol. The Balaban J connectivity index is 1.50. The summed E-state index contributed by atoms with van der Waals surface area (Å²) >= 11 is 1.66. The molecule has 2 heterocycles. The quantitative estimate of drug-likeness (QED) is 0.525. The lowest BCUT2D eigenvalue weighted by atomic mass is 10.2. The van der Waals surface area contributed by atoms with Gasteiger partial charge in [-0.15, -0.1) is 11.3 Å². The molecule has 0 unspecified atom stereocenters. The number of hydrogen-bond donors (Lipinski definition) is 2. The van der Waals surface area contributed by atoms with E-state index >= 15 is 0 Å². The molecule has 3 aromatic rings. The van der Waals surface area contributed by atoms with E-state index in [0.29, 0.717) is 12.3 Å². The maximum atomic E-state index is 12.3. The summed E-state index contributed by atoms with van der Waals surface area (Å²) < 4.78 is 32.2. The molecule has 146 valence electrons. The first kappa shape index (κ1) is 20.1. The zero-order valence-electron chi connectivity index (χ0n) is 15.0. The molecule has 0 spiro atoms. The predicted molar refractivity (Wildman–Crippen MR) is 109 cm³/mol. The van der Waals surface area contributed by atoms with E-state index in [1.54, 1.807) is 41.7 Å². The van der Waals surface area contributed by atoms with E-state index < -0.39 is 10.0 Å². The number of furan rings is 1. The summed E-state index contributed by atoms with van der Waals surface area (Å²) in [4.78, 5) is 13.2. The van der Waals surface area contributed by atoms with Crippen molar-refractivity contribution in [2.45, 2.75) is 17.9 Å². The molecule has 0 aliphatic rings. The summed E-state index contributed by atoms with van der Waals surface area (Å²) in [6.45, 7) is 0.658. The molecule has 0 radical (unpaired) electrons. The van der Waals surface area contributed by atoms with Crippen molar-refractivity contribution < 1.29 is 17.6 Å². The molecular weight excluding hydrogens is 396 g/mol. The molecule has 0 atom stereocenters. The maximum absolute atomic E-state index is 12.3. The molecule has 0 bridgehead atoms. The fraction of sp³-hybridized carbons (Fsp3) is 0.150. The number of carbonyl (C=O) groups is 1. The smallest absolute Gasteiger partial charge is 0.244 e. The van der Waals surface area contributed by atoms with Crippen molar-refractivity contribution in [2.75, 3.05) is 6.54 Å². The third kappa shape index (κ3) is 5.91. The van der Waals surface area contributed by atoms with Crippen molar-refractivity contribution in [1.82, 2.24) is 10.0 Å². The summed E-state index contributed by atoms with van der Waals surface area (Å²) in [7, 11) is -3.63. The molecule has 1 amide bonds. The normalized spacial score (nSPS) is 11.7. The second-order valence-electron chi connectivity index (χ2n) is 5.93. The number of benzene rings is 1. The Kier molecular flexibility index (Phi) is 6.80. The SMILES string of the molecule is O=C(/C=C/c1ccc(S(=O)(=O)NCc2ccco2)cc1)NCCc1cccs1. The van der Waals surface area contributed by atoms with Gasteiger partial charge >= 0.3 is 0 Å². The number of sulfonamides is 1. The van der Waals surface area contributed by atoms with Crippen LogP contribution in [0.25, 0.3) is 6.08 Å². The molecule has 1 aromatic carbocycles. The van der Waals surface area contributed by atoms with E-state index in [4.69, 9.17) is 4.42 Å². The van der Waals surface area contributed by atoms with Gasteiger partial charge in [0.15, 0.2) is 0 Å². The Morgan fingerprint density at radius 3 is 2.61 bits per heavy atom. The second kappa shape index (κ2) is 9.50. The number of carbonyl (C=O) groups excluding carboxylic acids is 1. The van der Waals surface area contributed by atoms with Gasteiger partial charge < -0.3 is 9.73 Å². The maximum Gasteiger partial charge on any atom is 0.244 e. The molecule has 0 saturated heterocycles. The largest absolute Gasteiger partial charge is 0.468 e. The molecular formula is C20H20N2O4S2. The van der Waals surface area contributed by atoms with Crippen LogP contribution in [0.3, 0.4) is 0 Å². The molecule has 0 fully saturated rings. The van der Waals surface area contributed by atoms with Gasteiger partial charge in [0.1, 0.15) is 5.76 Å². The monoisotopic (exact) mass is 416 g/mol. The van der Waals surface area contributed by atoms with Crippen LogP contribution in [0.1, 0.15) is 16.2 Å². The highest BCUT2D eigenvalue weighted by Crippen LogP contribution is 2.13. The van der Waals surface area contributed by atoms with E-state index in [2.05, 4.69) is 10.0 Å². The Morgan fingerprint density at radius 2 is 1.93 bits per heavy atom. The van der Waals surface area contributed by atoms with Gasteiger partial charge in [-0.3, -0.25) is 4.79 Å². The molecule has 2 aromatic heterocycles. The van der Waals surface area contributed by atoms with E-state index in [-0.39, 0.29) is 17.3 Å². The van der Waals surface area contributed by atoms with Crippen molar-refractivity contribution >= 4 is 33.3 Å². The topological polar surface area (TPSA) is 88.4 Å². The number of thiophene rings is 1. The molecule has 0 aliphatic carbocycles. The van der Waals surface area contributed by atoms with Crippen molar-refractivity contribution in [3.05, 3.63) is 82.5 Å². The van der Waals surface area contributed by atoms with Crippen molar-refractivity contribution in [2.24, 2.45) is 0 Å². The van der Waals surface area contributed by atoms with Gasteiger partial charge in [-0.25, -0.2) is 13.1 Å². The highest BCUT2D eigenvalue weighted by molar-refractivity contribution is 7.89. The van der Waals surface area contributed by atoms with Crippen LogP contribution in [-0.4, -0.2) is 20.9 Å². The zero-order chi connectivity index (χ0) is 19.8. The Morgan fingerprint density at radius 1 is 1.11 bits per heavy atom. The van der Waals surface area contributed by atoms with Crippen LogP contribution >= 0.6 is 11.3 Å². The molecule has 2 N–H and O–H groups in total. The van der Waals surface area contributed by atoms with Crippen LogP contribution in [0.2, 0.25) is 0 Å². The van der Waals surface area contributed by atoms with Gasteiger partial charge in [0.25, 0.3) is 0 Å². The van der Waals surface area contributed by atoms with Gasteiger partial charge in [0.05, 0.1) is 17.7 Å². The van der Waals surface area contributed by atoms with Crippen LogP contribution in [0, 0.1) is 0 Å². The van der Waals surface area contributed by atoms with Crippen molar-refractivity contribution in [1.29, 1.82) is 0 Å². The fourth-order valence-corrected chi connectivity index (χ4v) is 4.12. The summed E-state index contributed by atoms with van der Waals surface area (Å²) in [5, 5.41) is 4.83. The van der Waals surface area contributed by atoms with Crippen LogP contribution in [0.4, 0.5) is 0 Å². The third-order valence-electron chi connectivity index (χ3n) is 3.88. The lowest BCUT2D eigenvalue weighted by molar-refractivity contribution is -0.116.